The second-order valence-corrected chi connectivity index (χ2v) is 20.8. The Bertz CT molecular complexity index is 3830. The van der Waals surface area contributed by atoms with Gasteiger partial charge < -0.3 is 44.4 Å². The molecule has 8 aromatic rings. The van der Waals surface area contributed by atoms with Crippen LogP contribution in [-0.2, 0) is 40.5 Å². The number of anilines is 4. The van der Waals surface area contributed by atoms with Crippen LogP contribution in [0.2, 0.25) is 0 Å². The molecule has 5 N–H and O–H groups in total. The molecule has 0 spiro atoms. The van der Waals surface area contributed by atoms with E-state index < -0.39 is 117 Å². The number of carbonyl (C=O) groups excluding carboxylic acids is 2. The number of nitrogens with zero attached hydrogens (tertiary/aromatic N) is 4. The standard InChI is InChI=1S/C46H33N7O16S4/c54-43-39-27(19-33(70(58,59)60)23-35(39)48-45(56)25-7-3-1-4-8-25)21-37(72(64,65)66)41(43)52-50-31-15-11-29(12-16-31)47-30-13-17-32(18-14-30)51-53-42-38(73(67,68)69)22-28-20-34(71(61,62)63)24-36(40(28)44(42)55)49-46(57)26-9-5-2-6-10-26/h1-24,47,54-55H,(H,48,56)(H,49,57)(H,58,59,60)(H,61,62,63)(H,64,65,66)(H,67,68,69)/p-4. The summed E-state index contributed by atoms with van der Waals surface area (Å²) in [5.74, 6) is -3.62. The normalized spacial score (nSPS) is 12.4. The van der Waals surface area contributed by atoms with Crippen LogP contribution in [0.25, 0.3) is 21.5 Å². The fraction of sp³-hybridized carbons (Fsp3) is 0. The summed E-state index contributed by atoms with van der Waals surface area (Å²) in [6.07, 6.45) is 0. The van der Waals surface area contributed by atoms with E-state index in [1.165, 1.54) is 97.1 Å². The molecule has 0 atom stereocenters. The van der Waals surface area contributed by atoms with Gasteiger partial charge in [-0.3, -0.25) is 9.59 Å². The maximum Gasteiger partial charge on any atom is 0.255 e. The largest absolute Gasteiger partial charge is 0.744 e. The molecule has 0 saturated carbocycles. The van der Waals surface area contributed by atoms with Crippen LogP contribution in [0.5, 0.6) is 11.5 Å². The summed E-state index contributed by atoms with van der Waals surface area (Å²) in [5, 5.41) is 44.6. The first-order valence-electron chi connectivity index (χ1n) is 20.4. The number of aromatic hydroxyl groups is 2. The van der Waals surface area contributed by atoms with Crippen molar-refractivity contribution in [1.29, 1.82) is 0 Å². The van der Waals surface area contributed by atoms with E-state index in [-0.39, 0.29) is 33.3 Å². The zero-order valence-corrected chi connectivity index (χ0v) is 39.7. The Morgan fingerprint density at radius 2 is 0.767 bits per heavy atom. The maximum absolute atomic E-state index is 13.1. The van der Waals surface area contributed by atoms with Crippen molar-refractivity contribution in [3.05, 3.63) is 157 Å². The molecule has 0 radical (unpaired) electrons. The van der Waals surface area contributed by atoms with Crippen LogP contribution >= 0.6 is 0 Å². The Morgan fingerprint density at radius 3 is 1.08 bits per heavy atom. The van der Waals surface area contributed by atoms with Crippen LogP contribution in [-0.4, -0.2) is 73.9 Å². The molecule has 8 rings (SSSR count). The molecule has 0 aliphatic heterocycles. The Hall–Kier alpha value is -8.54. The molecule has 372 valence electrons. The van der Waals surface area contributed by atoms with Crippen LogP contribution in [0.15, 0.2) is 186 Å². The Morgan fingerprint density at radius 1 is 0.425 bits per heavy atom. The van der Waals surface area contributed by atoms with Crippen molar-refractivity contribution >= 4 is 119 Å². The fourth-order valence-corrected chi connectivity index (χ4v) is 9.51. The van der Waals surface area contributed by atoms with Gasteiger partial charge >= 0.3 is 0 Å². The highest BCUT2D eigenvalue weighted by atomic mass is 32.2. The maximum atomic E-state index is 13.1. The Balaban J connectivity index is 1.05. The lowest BCUT2D eigenvalue weighted by Gasteiger charge is -2.18. The zero-order chi connectivity index (χ0) is 52.6. The molecule has 27 heteroatoms. The predicted octanol–water partition coefficient (Wildman–Crippen LogP) is 8.10. The molecule has 0 aliphatic rings. The van der Waals surface area contributed by atoms with Crippen LogP contribution in [0, 0.1) is 0 Å². The van der Waals surface area contributed by atoms with Gasteiger partial charge in [0.1, 0.15) is 51.8 Å². The van der Waals surface area contributed by atoms with Crippen molar-refractivity contribution in [3.63, 3.8) is 0 Å². The molecule has 23 nitrogen and oxygen atoms in total. The van der Waals surface area contributed by atoms with Crippen molar-refractivity contribution in [3.8, 4) is 11.5 Å². The van der Waals surface area contributed by atoms with E-state index in [0.717, 1.165) is 12.1 Å². The molecule has 0 heterocycles. The van der Waals surface area contributed by atoms with Gasteiger partial charge in [0.25, 0.3) is 11.8 Å². The summed E-state index contributed by atoms with van der Waals surface area (Å²) in [6, 6.07) is 30.9. The summed E-state index contributed by atoms with van der Waals surface area (Å²) >= 11 is 0. The molecule has 0 fully saturated rings. The fourth-order valence-electron chi connectivity index (χ4n) is 7.15. The van der Waals surface area contributed by atoms with Gasteiger partial charge in [0.05, 0.1) is 42.3 Å². The lowest BCUT2D eigenvalue weighted by molar-refractivity contribution is 0.101. The molecular weight excluding hydrogens is 1030 g/mol. The van der Waals surface area contributed by atoms with Crippen molar-refractivity contribution in [2.45, 2.75) is 19.6 Å². The van der Waals surface area contributed by atoms with Crippen molar-refractivity contribution < 1.29 is 71.7 Å². The van der Waals surface area contributed by atoms with Gasteiger partial charge in [-0.2, -0.15) is 10.2 Å². The molecule has 0 aromatic heterocycles. The second kappa shape index (κ2) is 19.6. The SMILES string of the molecule is O=C(Nc1cc(S(=O)(=O)[O-])cc2cc(S(=O)(=O)[O-])c(N=Nc3ccc(Nc4ccc(N=Nc5c(S(=O)(=O)[O-])cc6cc(S(=O)(=O)[O-])cc(NC(=O)c7ccccc7)c6c5O)cc4)cc3)c(O)c12)c1ccccc1. The van der Waals surface area contributed by atoms with Gasteiger partial charge in [-0.05, 0) is 120 Å². The van der Waals surface area contributed by atoms with Crippen LogP contribution in [0.4, 0.5) is 45.5 Å². The van der Waals surface area contributed by atoms with E-state index in [1.807, 2.05) is 0 Å². The number of fused-ring (bicyclic) bond motifs is 2. The molecule has 73 heavy (non-hydrogen) atoms. The summed E-state index contributed by atoms with van der Waals surface area (Å²) in [7, 11) is -21.4. The lowest BCUT2D eigenvalue weighted by Crippen LogP contribution is -2.13. The van der Waals surface area contributed by atoms with Crippen LogP contribution in [0.1, 0.15) is 20.7 Å². The smallest absolute Gasteiger partial charge is 0.255 e. The van der Waals surface area contributed by atoms with Gasteiger partial charge in [0, 0.05) is 33.3 Å². The third-order valence-electron chi connectivity index (χ3n) is 10.5. The Labute approximate surface area is 413 Å². The minimum absolute atomic E-state index is 0.0541. The molecule has 2 amide bonds. The van der Waals surface area contributed by atoms with E-state index in [9.17, 15) is 71.7 Å². The first-order chi connectivity index (χ1) is 34.3. The number of benzene rings is 8. The van der Waals surface area contributed by atoms with Gasteiger partial charge in [-0.25, -0.2) is 33.7 Å². The first-order valence-corrected chi connectivity index (χ1v) is 26.0. The summed E-state index contributed by atoms with van der Waals surface area (Å²) in [6.45, 7) is 0. The third kappa shape index (κ3) is 11.3. The highest BCUT2D eigenvalue weighted by molar-refractivity contribution is 7.86. The number of hydrogen-bond donors (Lipinski definition) is 5. The number of nitrogens with one attached hydrogen (secondary N) is 3. The molecule has 0 saturated heterocycles. The highest BCUT2D eigenvalue weighted by Crippen LogP contribution is 2.47. The number of phenolic OH excluding ortho intramolecular Hbond substituents is 2. The minimum atomic E-state index is -5.47. The van der Waals surface area contributed by atoms with Crippen molar-refractivity contribution in [2.75, 3.05) is 16.0 Å². The van der Waals surface area contributed by atoms with Crippen LogP contribution < -0.4 is 16.0 Å². The first kappa shape index (κ1) is 50.8. The number of amides is 2. The Kier molecular flexibility index (Phi) is 13.6. The van der Waals surface area contributed by atoms with Gasteiger partial charge in [-0.1, -0.05) is 36.4 Å². The average Bonchev–Trinajstić information content (AvgIpc) is 3.33. The summed E-state index contributed by atoms with van der Waals surface area (Å²) in [5.41, 5.74) is -1.48. The molecule has 0 unspecified atom stereocenters. The number of carbonyl (C=O) groups is 2. The predicted molar refractivity (Wildman–Crippen MR) is 256 cm³/mol. The lowest BCUT2D eigenvalue weighted by atomic mass is 10.1. The topological polar surface area (TPSA) is 389 Å². The summed E-state index contributed by atoms with van der Waals surface area (Å²) in [4.78, 5) is 22.0. The number of rotatable bonds is 14. The van der Waals surface area contributed by atoms with E-state index in [2.05, 4.69) is 36.4 Å². The minimum Gasteiger partial charge on any atom is -0.744 e. The molecular formula is C46H29N7O16S4-4. The quantitative estimate of drug-likeness (QED) is 0.0507. The van der Waals surface area contributed by atoms with E-state index in [4.69, 9.17) is 0 Å². The number of hydrogen-bond acceptors (Lipinski definition) is 21. The third-order valence-corrected chi connectivity index (χ3v) is 13.8. The number of phenols is 2. The number of azo groups is 2. The highest BCUT2D eigenvalue weighted by Gasteiger charge is 2.25. The van der Waals surface area contributed by atoms with Gasteiger partial charge in [0.15, 0.2) is 11.5 Å². The van der Waals surface area contributed by atoms with Gasteiger partial charge in [0.2, 0.25) is 0 Å². The average molecular weight is 1060 g/mol. The molecule has 8 aromatic carbocycles. The zero-order valence-electron chi connectivity index (χ0n) is 36.4. The van der Waals surface area contributed by atoms with E-state index >= 15 is 0 Å². The summed E-state index contributed by atoms with van der Waals surface area (Å²) < 4.78 is 147. The van der Waals surface area contributed by atoms with Crippen molar-refractivity contribution in [2.24, 2.45) is 20.5 Å². The second-order valence-electron chi connectivity index (χ2n) is 15.4. The monoisotopic (exact) mass is 1060 g/mol. The van der Waals surface area contributed by atoms with E-state index in [0.29, 0.717) is 35.6 Å². The van der Waals surface area contributed by atoms with Gasteiger partial charge in [-0.15, -0.1) is 10.2 Å². The molecule has 0 bridgehead atoms. The molecule has 0 aliphatic carbocycles. The van der Waals surface area contributed by atoms with Crippen molar-refractivity contribution in [1.82, 2.24) is 0 Å². The van der Waals surface area contributed by atoms with Crippen LogP contribution in [0.3, 0.4) is 0 Å². The van der Waals surface area contributed by atoms with E-state index in [1.54, 1.807) is 12.1 Å².